The molecule has 0 amide bonds. The molecule has 164 valence electrons. The van der Waals surface area contributed by atoms with Crippen molar-refractivity contribution in [3.63, 3.8) is 0 Å². The predicted octanol–water partition coefficient (Wildman–Crippen LogP) is 1.70. The van der Waals surface area contributed by atoms with Gasteiger partial charge in [0.2, 0.25) is 5.95 Å². The second kappa shape index (κ2) is 8.62. The maximum atomic E-state index is 5.66. The molecule has 2 saturated heterocycles. The zero-order valence-corrected chi connectivity index (χ0v) is 18.8. The van der Waals surface area contributed by atoms with E-state index in [0.29, 0.717) is 25.1 Å². The van der Waals surface area contributed by atoms with Gasteiger partial charge in [-0.05, 0) is 26.6 Å². The lowest BCUT2D eigenvalue weighted by molar-refractivity contribution is 0.122. The molecule has 3 aromatic rings. The van der Waals surface area contributed by atoms with Gasteiger partial charge in [-0.15, -0.1) is 11.3 Å². The molecule has 2 aliphatic heterocycles. The standard InChI is InChI=1S/C21H28N8OS/c1-27(2)15-3-4-28(12-15)13-16-9-17-18(31-16)20(29-5-7-30-8-6-29)26-19(25-17)14-10-23-21(22)24-11-14/h9-11,15H,3-8,12-13H2,1-2H3,(H2,22,23,24). The Labute approximate surface area is 185 Å². The van der Waals surface area contributed by atoms with Crippen molar-refractivity contribution >= 4 is 33.3 Å². The van der Waals surface area contributed by atoms with E-state index in [4.69, 9.17) is 20.4 Å². The summed E-state index contributed by atoms with van der Waals surface area (Å²) in [4.78, 5) is 26.5. The number of aromatic nitrogens is 4. The summed E-state index contributed by atoms with van der Waals surface area (Å²) in [5, 5.41) is 0. The van der Waals surface area contributed by atoms with E-state index in [1.54, 1.807) is 23.7 Å². The summed E-state index contributed by atoms with van der Waals surface area (Å²) in [5.74, 6) is 1.86. The number of nitrogens with zero attached hydrogens (tertiary/aromatic N) is 7. The first-order valence-corrected chi connectivity index (χ1v) is 11.5. The van der Waals surface area contributed by atoms with E-state index >= 15 is 0 Å². The third-order valence-electron chi connectivity index (χ3n) is 6.00. The van der Waals surface area contributed by atoms with Gasteiger partial charge < -0.3 is 20.3 Å². The van der Waals surface area contributed by atoms with Crippen molar-refractivity contribution in [2.24, 2.45) is 0 Å². The number of hydrogen-bond donors (Lipinski definition) is 1. The van der Waals surface area contributed by atoms with Crippen molar-refractivity contribution in [1.29, 1.82) is 0 Å². The third kappa shape index (κ3) is 4.33. The minimum absolute atomic E-state index is 0.248. The van der Waals surface area contributed by atoms with Gasteiger partial charge in [0.25, 0.3) is 0 Å². The molecule has 0 saturated carbocycles. The second-order valence-corrected chi connectivity index (χ2v) is 9.51. The van der Waals surface area contributed by atoms with Gasteiger partial charge >= 0.3 is 0 Å². The molecule has 2 N–H and O–H groups in total. The Bertz CT molecular complexity index is 1050. The van der Waals surface area contributed by atoms with Crippen molar-refractivity contribution in [2.75, 3.05) is 64.1 Å². The summed E-state index contributed by atoms with van der Waals surface area (Å²) in [6, 6.07) is 2.85. The molecule has 3 aromatic heterocycles. The van der Waals surface area contributed by atoms with Gasteiger partial charge in [-0.3, -0.25) is 4.90 Å². The zero-order chi connectivity index (χ0) is 21.4. The monoisotopic (exact) mass is 440 g/mol. The van der Waals surface area contributed by atoms with Crippen LogP contribution in [0.2, 0.25) is 0 Å². The molecule has 1 unspecified atom stereocenters. The molecule has 1 atom stereocenters. The molecular weight excluding hydrogens is 412 g/mol. The maximum absolute atomic E-state index is 5.66. The second-order valence-electron chi connectivity index (χ2n) is 8.37. The van der Waals surface area contributed by atoms with Crippen LogP contribution in [0.4, 0.5) is 11.8 Å². The van der Waals surface area contributed by atoms with E-state index in [-0.39, 0.29) is 5.95 Å². The first-order chi connectivity index (χ1) is 15.1. The van der Waals surface area contributed by atoms with Crippen molar-refractivity contribution in [2.45, 2.75) is 19.0 Å². The van der Waals surface area contributed by atoms with E-state index < -0.39 is 0 Å². The lowest BCUT2D eigenvalue weighted by atomic mass is 10.2. The summed E-state index contributed by atoms with van der Waals surface area (Å²) >= 11 is 1.81. The van der Waals surface area contributed by atoms with Crippen LogP contribution >= 0.6 is 11.3 Å². The molecule has 31 heavy (non-hydrogen) atoms. The molecule has 5 rings (SSSR count). The average molecular weight is 441 g/mol. The lowest BCUT2D eigenvalue weighted by Gasteiger charge is -2.28. The number of nitrogens with two attached hydrogens (primary N) is 1. The summed E-state index contributed by atoms with van der Waals surface area (Å²) < 4.78 is 6.70. The number of morpholine rings is 1. The fourth-order valence-corrected chi connectivity index (χ4v) is 5.37. The Morgan fingerprint density at radius 3 is 2.65 bits per heavy atom. The summed E-state index contributed by atoms with van der Waals surface area (Å²) in [6.07, 6.45) is 4.59. The summed E-state index contributed by atoms with van der Waals surface area (Å²) in [6.45, 7) is 6.27. The van der Waals surface area contributed by atoms with Crippen molar-refractivity contribution < 1.29 is 4.74 Å². The van der Waals surface area contributed by atoms with Crippen LogP contribution in [0.5, 0.6) is 0 Å². The molecule has 0 aliphatic carbocycles. The number of likely N-dealkylation sites (N-methyl/N-ethyl adjacent to an activating group) is 1. The topological polar surface area (TPSA) is 96.5 Å². The molecule has 10 heteroatoms. The largest absolute Gasteiger partial charge is 0.378 e. The van der Waals surface area contributed by atoms with E-state index in [9.17, 15) is 0 Å². The molecule has 2 aliphatic rings. The van der Waals surface area contributed by atoms with Crippen LogP contribution < -0.4 is 10.6 Å². The van der Waals surface area contributed by atoms with Crippen LogP contribution in [0.1, 0.15) is 11.3 Å². The number of thiophene rings is 1. The van der Waals surface area contributed by atoms with Crippen molar-refractivity contribution in [1.82, 2.24) is 29.7 Å². The fourth-order valence-electron chi connectivity index (χ4n) is 4.21. The Balaban J connectivity index is 1.49. The quantitative estimate of drug-likeness (QED) is 0.636. The molecule has 0 radical (unpaired) electrons. The van der Waals surface area contributed by atoms with Gasteiger partial charge in [0, 0.05) is 56.0 Å². The molecular formula is C21H28N8OS. The number of rotatable bonds is 5. The molecule has 0 aromatic carbocycles. The molecule has 5 heterocycles. The normalized spacial score (nSPS) is 20.2. The third-order valence-corrected chi connectivity index (χ3v) is 7.11. The van der Waals surface area contributed by atoms with Crippen LogP contribution in [0.3, 0.4) is 0 Å². The van der Waals surface area contributed by atoms with Gasteiger partial charge in [0.15, 0.2) is 11.6 Å². The van der Waals surface area contributed by atoms with Gasteiger partial charge in [-0.1, -0.05) is 0 Å². The number of likely N-dealkylation sites (tertiary alicyclic amines) is 1. The van der Waals surface area contributed by atoms with Crippen LogP contribution in [0, 0.1) is 0 Å². The number of hydrogen-bond acceptors (Lipinski definition) is 10. The van der Waals surface area contributed by atoms with Crippen molar-refractivity contribution in [3.8, 4) is 11.4 Å². The fraction of sp³-hybridized carbons (Fsp3) is 0.524. The highest BCUT2D eigenvalue weighted by atomic mass is 32.1. The maximum Gasteiger partial charge on any atom is 0.219 e. The minimum Gasteiger partial charge on any atom is -0.378 e. The summed E-state index contributed by atoms with van der Waals surface area (Å²) in [5.41, 5.74) is 7.41. The Hall–Kier alpha value is -2.40. The first kappa shape index (κ1) is 20.5. The average Bonchev–Trinajstić information content (AvgIpc) is 3.41. The first-order valence-electron chi connectivity index (χ1n) is 10.7. The zero-order valence-electron chi connectivity index (χ0n) is 18.0. The van der Waals surface area contributed by atoms with Crippen LogP contribution in [-0.2, 0) is 11.3 Å². The predicted molar refractivity (Wildman–Crippen MR) is 123 cm³/mol. The number of nitrogen functional groups attached to an aromatic ring is 1. The van der Waals surface area contributed by atoms with Crippen LogP contribution in [0.25, 0.3) is 21.6 Å². The molecule has 0 spiro atoms. The van der Waals surface area contributed by atoms with E-state index in [1.807, 2.05) is 0 Å². The number of anilines is 2. The van der Waals surface area contributed by atoms with Gasteiger partial charge in [0.05, 0.1) is 29.0 Å². The molecule has 0 bridgehead atoms. The highest BCUT2D eigenvalue weighted by Crippen LogP contribution is 2.35. The highest BCUT2D eigenvalue weighted by Gasteiger charge is 2.25. The Morgan fingerprint density at radius 2 is 1.94 bits per heavy atom. The smallest absolute Gasteiger partial charge is 0.219 e. The number of fused-ring (bicyclic) bond motifs is 1. The molecule has 2 fully saturated rings. The van der Waals surface area contributed by atoms with Gasteiger partial charge in [0.1, 0.15) is 0 Å². The van der Waals surface area contributed by atoms with Gasteiger partial charge in [-0.25, -0.2) is 19.9 Å². The van der Waals surface area contributed by atoms with Crippen LogP contribution in [0.15, 0.2) is 18.5 Å². The number of ether oxygens (including phenoxy) is 1. The van der Waals surface area contributed by atoms with E-state index in [2.05, 4.69) is 44.8 Å². The van der Waals surface area contributed by atoms with Gasteiger partial charge in [-0.2, -0.15) is 0 Å². The van der Waals surface area contributed by atoms with Crippen LogP contribution in [-0.4, -0.2) is 89.3 Å². The molecule has 9 nitrogen and oxygen atoms in total. The SMILES string of the molecule is CN(C)C1CCN(Cc2cc3nc(-c4cnc(N)nc4)nc(N4CCOCC4)c3s2)C1. The Morgan fingerprint density at radius 1 is 1.16 bits per heavy atom. The van der Waals surface area contributed by atoms with Crippen molar-refractivity contribution in [3.05, 3.63) is 23.3 Å². The van der Waals surface area contributed by atoms with E-state index in [1.165, 1.54) is 11.3 Å². The minimum atomic E-state index is 0.248. The Kier molecular flexibility index (Phi) is 5.70. The van der Waals surface area contributed by atoms with E-state index in [0.717, 1.165) is 54.3 Å². The highest BCUT2D eigenvalue weighted by molar-refractivity contribution is 7.19. The lowest BCUT2D eigenvalue weighted by Crippen LogP contribution is -2.36. The summed E-state index contributed by atoms with van der Waals surface area (Å²) in [7, 11) is 4.33.